The van der Waals surface area contributed by atoms with Crippen molar-refractivity contribution in [3.8, 4) is 0 Å². The van der Waals surface area contributed by atoms with Crippen molar-refractivity contribution < 1.29 is 9.59 Å². The summed E-state index contributed by atoms with van der Waals surface area (Å²) in [5.74, 6) is -0.194. The molecule has 1 atom stereocenters. The fourth-order valence-electron chi connectivity index (χ4n) is 1.29. The third kappa shape index (κ3) is 4.90. The highest BCUT2D eigenvalue weighted by Gasteiger charge is 2.16. The van der Waals surface area contributed by atoms with Crippen LogP contribution in [0.25, 0.3) is 0 Å². The Morgan fingerprint density at radius 3 is 2.82 bits per heavy atom. The number of nitrogens with one attached hydrogen (secondary N) is 2. The van der Waals surface area contributed by atoms with Gasteiger partial charge in [-0.15, -0.1) is 0 Å². The van der Waals surface area contributed by atoms with Gasteiger partial charge in [0.2, 0.25) is 11.8 Å². The zero-order valence-corrected chi connectivity index (χ0v) is 10.5. The van der Waals surface area contributed by atoms with Crippen molar-refractivity contribution in [3.05, 3.63) is 18.7 Å². The van der Waals surface area contributed by atoms with Gasteiger partial charge in [-0.1, -0.05) is 0 Å². The Morgan fingerprint density at radius 2 is 2.29 bits per heavy atom. The zero-order chi connectivity index (χ0) is 12.7. The largest absolute Gasteiger partial charge is 0.352 e. The molecule has 0 aliphatic carbocycles. The average Bonchev–Trinajstić information content (AvgIpc) is 2.78. The number of thiol groups is 1. The predicted octanol–water partition coefficient (Wildman–Crippen LogP) is -0.566. The number of nitrogens with zero attached hydrogens (tertiary/aromatic N) is 2. The molecule has 1 aromatic heterocycles. The Bertz CT molecular complexity index is 366. The summed E-state index contributed by atoms with van der Waals surface area (Å²) in [6, 6.07) is -0.585. The van der Waals surface area contributed by atoms with Crippen molar-refractivity contribution in [2.24, 2.45) is 0 Å². The van der Waals surface area contributed by atoms with E-state index in [0.29, 0.717) is 13.1 Å². The summed E-state index contributed by atoms with van der Waals surface area (Å²) in [6.07, 6.45) is 5.17. The SMILES string of the molecule is CC(=O)NC(CS)C(=O)NCCn1ccnc1. The molecule has 0 bridgehead atoms. The van der Waals surface area contributed by atoms with Gasteiger partial charge < -0.3 is 15.2 Å². The minimum Gasteiger partial charge on any atom is -0.352 e. The summed E-state index contributed by atoms with van der Waals surface area (Å²) in [4.78, 5) is 26.4. The van der Waals surface area contributed by atoms with Crippen LogP contribution in [0.2, 0.25) is 0 Å². The fourth-order valence-corrected chi connectivity index (χ4v) is 1.55. The van der Waals surface area contributed by atoms with Crippen LogP contribution in [0.3, 0.4) is 0 Å². The third-order valence-electron chi connectivity index (χ3n) is 2.10. The number of carbonyl (C=O) groups excluding carboxylic acids is 2. The van der Waals surface area contributed by atoms with Gasteiger partial charge in [0.25, 0.3) is 0 Å². The number of imidazole rings is 1. The van der Waals surface area contributed by atoms with Crippen molar-refractivity contribution in [3.63, 3.8) is 0 Å². The third-order valence-corrected chi connectivity index (χ3v) is 2.47. The second-order valence-corrected chi connectivity index (χ2v) is 3.89. The Labute approximate surface area is 105 Å². The molecule has 2 N–H and O–H groups in total. The van der Waals surface area contributed by atoms with E-state index in [2.05, 4.69) is 28.2 Å². The van der Waals surface area contributed by atoms with Gasteiger partial charge in [-0.2, -0.15) is 12.6 Å². The van der Waals surface area contributed by atoms with Gasteiger partial charge in [-0.05, 0) is 0 Å². The number of hydrogen-bond acceptors (Lipinski definition) is 4. The van der Waals surface area contributed by atoms with Crippen LogP contribution >= 0.6 is 12.6 Å². The van der Waals surface area contributed by atoms with Crippen LogP contribution < -0.4 is 10.6 Å². The smallest absolute Gasteiger partial charge is 0.243 e. The Kier molecular flexibility index (Phi) is 5.55. The van der Waals surface area contributed by atoms with E-state index in [1.54, 1.807) is 12.5 Å². The van der Waals surface area contributed by atoms with E-state index in [-0.39, 0.29) is 17.6 Å². The van der Waals surface area contributed by atoms with Gasteiger partial charge in [-0.3, -0.25) is 9.59 Å². The lowest BCUT2D eigenvalue weighted by Crippen LogP contribution is -2.47. The maximum Gasteiger partial charge on any atom is 0.243 e. The van der Waals surface area contributed by atoms with Gasteiger partial charge in [-0.25, -0.2) is 4.98 Å². The second-order valence-electron chi connectivity index (χ2n) is 3.53. The predicted molar refractivity (Wildman–Crippen MR) is 66.7 cm³/mol. The molecule has 2 amide bonds. The Balaban J connectivity index is 2.29. The number of aromatic nitrogens is 2. The van der Waals surface area contributed by atoms with Crippen molar-refractivity contribution in [2.45, 2.75) is 19.5 Å². The van der Waals surface area contributed by atoms with Crippen LogP contribution in [0.4, 0.5) is 0 Å². The molecular weight excluding hydrogens is 240 g/mol. The van der Waals surface area contributed by atoms with Gasteiger partial charge in [0.1, 0.15) is 6.04 Å². The molecule has 0 saturated carbocycles. The molecule has 1 aromatic rings. The van der Waals surface area contributed by atoms with Crippen LogP contribution in [-0.4, -0.2) is 39.7 Å². The van der Waals surface area contributed by atoms with Crippen LogP contribution in [0, 0.1) is 0 Å². The number of rotatable bonds is 6. The summed E-state index contributed by atoms with van der Waals surface area (Å²) in [6.45, 7) is 2.50. The summed E-state index contributed by atoms with van der Waals surface area (Å²) >= 11 is 4.02. The maximum absolute atomic E-state index is 11.6. The molecule has 0 aliphatic rings. The highest BCUT2D eigenvalue weighted by Crippen LogP contribution is 1.89. The summed E-state index contributed by atoms with van der Waals surface area (Å²) in [5, 5.41) is 5.25. The summed E-state index contributed by atoms with van der Waals surface area (Å²) in [7, 11) is 0. The van der Waals surface area contributed by atoms with Crippen LogP contribution in [0.15, 0.2) is 18.7 Å². The Morgan fingerprint density at radius 1 is 1.53 bits per heavy atom. The van der Waals surface area contributed by atoms with Gasteiger partial charge in [0, 0.05) is 38.2 Å². The van der Waals surface area contributed by atoms with Crippen molar-refractivity contribution in [1.29, 1.82) is 0 Å². The van der Waals surface area contributed by atoms with Gasteiger partial charge in [0.15, 0.2) is 0 Å². The molecule has 1 unspecified atom stereocenters. The number of carbonyl (C=O) groups is 2. The maximum atomic E-state index is 11.6. The van der Waals surface area contributed by atoms with Crippen molar-refractivity contribution in [1.82, 2.24) is 20.2 Å². The standard InChI is InChI=1S/C10H16N4O2S/c1-8(15)13-9(6-17)10(16)12-3-5-14-4-2-11-7-14/h2,4,7,9,17H,3,5-6H2,1H3,(H,12,16)(H,13,15). The molecule has 1 rings (SSSR count). The topological polar surface area (TPSA) is 76.0 Å². The van der Waals surface area contributed by atoms with Crippen molar-refractivity contribution >= 4 is 24.4 Å². The van der Waals surface area contributed by atoms with Gasteiger partial charge >= 0.3 is 0 Å². The van der Waals surface area contributed by atoms with Crippen LogP contribution in [0.5, 0.6) is 0 Å². The fraction of sp³-hybridized carbons (Fsp3) is 0.500. The lowest BCUT2D eigenvalue weighted by molar-refractivity contribution is -0.127. The molecule has 0 radical (unpaired) electrons. The highest BCUT2D eigenvalue weighted by atomic mass is 32.1. The molecule has 0 aliphatic heterocycles. The first-order valence-electron chi connectivity index (χ1n) is 5.25. The molecule has 17 heavy (non-hydrogen) atoms. The van der Waals surface area contributed by atoms with E-state index in [4.69, 9.17) is 0 Å². The summed E-state index contributed by atoms with van der Waals surface area (Å²) < 4.78 is 1.86. The van der Waals surface area contributed by atoms with E-state index in [9.17, 15) is 9.59 Å². The quantitative estimate of drug-likeness (QED) is 0.597. The molecule has 0 spiro atoms. The second kappa shape index (κ2) is 6.95. The average molecular weight is 256 g/mol. The van der Waals surface area contributed by atoms with Gasteiger partial charge in [0.05, 0.1) is 6.33 Å². The molecule has 94 valence electrons. The first-order valence-corrected chi connectivity index (χ1v) is 5.88. The van der Waals surface area contributed by atoms with E-state index < -0.39 is 6.04 Å². The van der Waals surface area contributed by atoms with E-state index >= 15 is 0 Å². The summed E-state index contributed by atoms with van der Waals surface area (Å²) in [5.41, 5.74) is 0. The lowest BCUT2D eigenvalue weighted by atomic mass is 10.3. The zero-order valence-electron chi connectivity index (χ0n) is 9.59. The minimum atomic E-state index is -0.585. The first kappa shape index (κ1) is 13.6. The van der Waals surface area contributed by atoms with E-state index in [0.717, 1.165) is 0 Å². The van der Waals surface area contributed by atoms with Crippen LogP contribution in [-0.2, 0) is 16.1 Å². The monoisotopic (exact) mass is 256 g/mol. The minimum absolute atomic E-state index is 0.227. The Hall–Kier alpha value is -1.50. The van der Waals surface area contributed by atoms with E-state index in [1.165, 1.54) is 6.92 Å². The number of hydrogen-bond donors (Lipinski definition) is 3. The van der Waals surface area contributed by atoms with Crippen LogP contribution in [0.1, 0.15) is 6.92 Å². The molecular formula is C10H16N4O2S. The lowest BCUT2D eigenvalue weighted by Gasteiger charge is -2.15. The molecule has 6 nitrogen and oxygen atoms in total. The van der Waals surface area contributed by atoms with E-state index in [1.807, 2.05) is 10.8 Å². The van der Waals surface area contributed by atoms with Crippen molar-refractivity contribution in [2.75, 3.05) is 12.3 Å². The molecule has 0 fully saturated rings. The normalized spacial score (nSPS) is 11.9. The molecule has 1 heterocycles. The molecule has 0 saturated heterocycles. The molecule has 7 heteroatoms. The molecule has 0 aromatic carbocycles. The number of amides is 2. The first-order chi connectivity index (χ1) is 8.13. The highest BCUT2D eigenvalue weighted by molar-refractivity contribution is 7.80.